The zero-order valence-corrected chi connectivity index (χ0v) is 12.6. The van der Waals surface area contributed by atoms with Crippen LogP contribution in [-0.2, 0) is 0 Å². The summed E-state index contributed by atoms with van der Waals surface area (Å²) in [5, 5.41) is 11.1. The van der Waals surface area contributed by atoms with E-state index in [0.29, 0.717) is 24.2 Å². The number of nitrogens with one attached hydrogen (secondary N) is 1. The second-order valence-electron chi connectivity index (χ2n) is 5.63. The maximum absolute atomic E-state index is 12.0. The van der Waals surface area contributed by atoms with Crippen LogP contribution in [0.5, 0.6) is 0 Å². The molecule has 5 nitrogen and oxygen atoms in total. The average molecular weight is 276 g/mol. The molecule has 1 aliphatic rings. The number of likely N-dealkylation sites (tertiary alicyclic amines) is 1. The predicted molar refractivity (Wildman–Crippen MR) is 78.7 cm³/mol. The number of carbonyl (C=O) groups is 1. The zero-order chi connectivity index (χ0) is 14.5. The molecule has 1 aliphatic heterocycles. The van der Waals surface area contributed by atoms with Crippen LogP contribution in [0, 0.1) is 0 Å². The van der Waals surface area contributed by atoms with Crippen molar-refractivity contribution in [1.29, 1.82) is 0 Å². The minimum atomic E-state index is -0.129. The number of aromatic nitrogens is 2. The summed E-state index contributed by atoms with van der Waals surface area (Å²) in [6, 6.07) is 4.09. The molecular formula is C15H24N4O. The molecule has 1 unspecified atom stereocenters. The van der Waals surface area contributed by atoms with Crippen LogP contribution in [-0.4, -0.2) is 46.7 Å². The van der Waals surface area contributed by atoms with E-state index in [9.17, 15) is 4.79 Å². The van der Waals surface area contributed by atoms with Crippen molar-refractivity contribution in [2.24, 2.45) is 0 Å². The second kappa shape index (κ2) is 6.79. The number of carbonyl (C=O) groups excluding carboxylic acids is 1. The number of amides is 1. The largest absolute Gasteiger partial charge is 0.349 e. The Morgan fingerprint density at radius 3 is 2.85 bits per heavy atom. The normalized spacial score (nSPS) is 19.5. The molecule has 0 aliphatic carbocycles. The fourth-order valence-corrected chi connectivity index (χ4v) is 2.62. The highest BCUT2D eigenvalue weighted by Crippen LogP contribution is 2.15. The van der Waals surface area contributed by atoms with E-state index in [1.54, 1.807) is 6.07 Å². The van der Waals surface area contributed by atoms with Gasteiger partial charge in [-0.25, -0.2) is 0 Å². The minimum absolute atomic E-state index is 0.129. The number of rotatable bonds is 5. The summed E-state index contributed by atoms with van der Waals surface area (Å²) >= 11 is 0. The van der Waals surface area contributed by atoms with Crippen LogP contribution < -0.4 is 5.32 Å². The highest BCUT2D eigenvalue weighted by molar-refractivity contribution is 5.92. The Balaban J connectivity index is 1.88. The summed E-state index contributed by atoms with van der Waals surface area (Å²) in [4.78, 5) is 14.5. The molecule has 20 heavy (non-hydrogen) atoms. The standard InChI is InChI=1S/C15H24N4O/c1-4-19-9-5-6-12(19)10-16-15(20)14-8-7-13(11(2)3)17-18-14/h7-8,11-12H,4-6,9-10H2,1-3H3,(H,16,20). The molecule has 0 radical (unpaired) electrons. The van der Waals surface area contributed by atoms with Crippen molar-refractivity contribution >= 4 is 5.91 Å². The molecule has 1 atom stereocenters. The molecule has 0 saturated carbocycles. The lowest BCUT2D eigenvalue weighted by molar-refractivity contribution is 0.0935. The summed E-state index contributed by atoms with van der Waals surface area (Å²) in [5.41, 5.74) is 1.31. The van der Waals surface area contributed by atoms with Crippen LogP contribution in [0.2, 0.25) is 0 Å². The van der Waals surface area contributed by atoms with Crippen molar-refractivity contribution in [1.82, 2.24) is 20.4 Å². The number of hydrogen-bond acceptors (Lipinski definition) is 4. The SMILES string of the molecule is CCN1CCCC1CNC(=O)c1ccc(C(C)C)nn1. The maximum atomic E-state index is 12.0. The topological polar surface area (TPSA) is 58.1 Å². The molecule has 1 aromatic heterocycles. The van der Waals surface area contributed by atoms with Gasteiger partial charge in [-0.2, -0.15) is 5.10 Å². The van der Waals surface area contributed by atoms with Gasteiger partial charge in [-0.3, -0.25) is 9.69 Å². The summed E-state index contributed by atoms with van der Waals surface area (Å²) in [7, 11) is 0. The average Bonchev–Trinajstić information content (AvgIpc) is 2.92. The third-order valence-electron chi connectivity index (χ3n) is 3.91. The molecule has 5 heteroatoms. The van der Waals surface area contributed by atoms with E-state index in [0.717, 1.165) is 25.2 Å². The molecule has 2 heterocycles. The Labute approximate surface area is 120 Å². The molecule has 1 fully saturated rings. The number of likely N-dealkylation sites (N-methyl/N-ethyl adjacent to an activating group) is 1. The van der Waals surface area contributed by atoms with Gasteiger partial charge in [0.1, 0.15) is 0 Å². The van der Waals surface area contributed by atoms with E-state index < -0.39 is 0 Å². The summed E-state index contributed by atoms with van der Waals surface area (Å²) < 4.78 is 0. The van der Waals surface area contributed by atoms with Crippen molar-refractivity contribution in [3.63, 3.8) is 0 Å². The number of nitrogens with zero attached hydrogens (tertiary/aromatic N) is 3. The Kier molecular flexibility index (Phi) is 5.06. The summed E-state index contributed by atoms with van der Waals surface area (Å²) in [6.07, 6.45) is 2.38. The van der Waals surface area contributed by atoms with E-state index >= 15 is 0 Å². The van der Waals surface area contributed by atoms with Crippen LogP contribution in [0.3, 0.4) is 0 Å². The smallest absolute Gasteiger partial charge is 0.271 e. The van der Waals surface area contributed by atoms with E-state index in [2.05, 4.69) is 41.2 Å². The van der Waals surface area contributed by atoms with Gasteiger partial charge in [0, 0.05) is 12.6 Å². The molecular weight excluding hydrogens is 252 g/mol. The molecule has 1 aromatic rings. The lowest BCUT2D eigenvalue weighted by atomic mass is 10.1. The lowest BCUT2D eigenvalue weighted by Crippen LogP contribution is -2.40. The fraction of sp³-hybridized carbons (Fsp3) is 0.667. The predicted octanol–water partition coefficient (Wildman–Crippen LogP) is 1.81. The fourth-order valence-electron chi connectivity index (χ4n) is 2.62. The Hall–Kier alpha value is -1.49. The first-order chi connectivity index (χ1) is 9.61. The van der Waals surface area contributed by atoms with E-state index in [-0.39, 0.29) is 5.91 Å². The van der Waals surface area contributed by atoms with E-state index in [1.807, 2.05) is 6.07 Å². The molecule has 0 spiro atoms. The van der Waals surface area contributed by atoms with Gasteiger partial charge in [0.2, 0.25) is 0 Å². The van der Waals surface area contributed by atoms with E-state index in [4.69, 9.17) is 0 Å². The van der Waals surface area contributed by atoms with Gasteiger partial charge >= 0.3 is 0 Å². The van der Waals surface area contributed by atoms with Gasteiger partial charge in [0.15, 0.2) is 5.69 Å². The van der Waals surface area contributed by atoms with Crippen LogP contribution in [0.25, 0.3) is 0 Å². The highest BCUT2D eigenvalue weighted by Gasteiger charge is 2.23. The zero-order valence-electron chi connectivity index (χ0n) is 12.6. The summed E-state index contributed by atoms with van der Waals surface area (Å²) in [6.45, 7) is 9.16. The highest BCUT2D eigenvalue weighted by atomic mass is 16.1. The second-order valence-corrected chi connectivity index (χ2v) is 5.63. The van der Waals surface area contributed by atoms with Crippen LogP contribution in [0.4, 0.5) is 0 Å². The lowest BCUT2D eigenvalue weighted by Gasteiger charge is -2.22. The third kappa shape index (κ3) is 3.54. The van der Waals surface area contributed by atoms with Gasteiger partial charge in [0.25, 0.3) is 5.91 Å². The molecule has 2 rings (SSSR count). The maximum Gasteiger partial charge on any atom is 0.271 e. The molecule has 0 bridgehead atoms. The Bertz CT molecular complexity index is 444. The van der Waals surface area contributed by atoms with Gasteiger partial charge in [-0.15, -0.1) is 5.10 Å². The van der Waals surface area contributed by atoms with Gasteiger partial charge in [-0.05, 0) is 44.0 Å². The molecule has 110 valence electrons. The van der Waals surface area contributed by atoms with Crippen molar-refractivity contribution in [2.75, 3.05) is 19.6 Å². The molecule has 1 saturated heterocycles. The van der Waals surface area contributed by atoms with Crippen LogP contribution in [0.1, 0.15) is 55.7 Å². The Morgan fingerprint density at radius 1 is 1.45 bits per heavy atom. The Morgan fingerprint density at radius 2 is 2.25 bits per heavy atom. The monoisotopic (exact) mass is 276 g/mol. The minimum Gasteiger partial charge on any atom is -0.349 e. The summed E-state index contributed by atoms with van der Waals surface area (Å²) in [5.74, 6) is 0.201. The van der Waals surface area contributed by atoms with Gasteiger partial charge in [0.05, 0.1) is 5.69 Å². The van der Waals surface area contributed by atoms with Crippen molar-refractivity contribution < 1.29 is 4.79 Å². The molecule has 1 N–H and O–H groups in total. The van der Waals surface area contributed by atoms with Crippen LogP contribution in [0.15, 0.2) is 12.1 Å². The van der Waals surface area contributed by atoms with E-state index in [1.165, 1.54) is 6.42 Å². The number of hydrogen-bond donors (Lipinski definition) is 1. The van der Waals surface area contributed by atoms with Crippen molar-refractivity contribution in [3.05, 3.63) is 23.5 Å². The van der Waals surface area contributed by atoms with Crippen molar-refractivity contribution in [2.45, 2.75) is 45.6 Å². The first kappa shape index (κ1) is 14.9. The first-order valence-electron chi connectivity index (χ1n) is 7.47. The first-order valence-corrected chi connectivity index (χ1v) is 7.47. The van der Waals surface area contributed by atoms with Gasteiger partial charge < -0.3 is 5.32 Å². The third-order valence-corrected chi connectivity index (χ3v) is 3.91. The quantitative estimate of drug-likeness (QED) is 0.891. The van der Waals surface area contributed by atoms with Gasteiger partial charge in [-0.1, -0.05) is 20.8 Å². The molecule has 1 amide bonds. The van der Waals surface area contributed by atoms with Crippen molar-refractivity contribution in [3.8, 4) is 0 Å². The molecule has 0 aromatic carbocycles. The van der Waals surface area contributed by atoms with Crippen LogP contribution >= 0.6 is 0 Å².